The van der Waals surface area contributed by atoms with Crippen LogP contribution in [0.5, 0.6) is 5.75 Å². The molecule has 0 amide bonds. The van der Waals surface area contributed by atoms with Gasteiger partial charge in [0.25, 0.3) is 0 Å². The van der Waals surface area contributed by atoms with E-state index in [2.05, 4.69) is 53.5 Å². The largest absolute Gasteiger partial charge is 0.506 e. The molecule has 0 radical (unpaired) electrons. The molecule has 0 atom stereocenters. The molecule has 0 unspecified atom stereocenters. The molecular formula is C38H24N4O. The summed E-state index contributed by atoms with van der Waals surface area (Å²) in [6.45, 7) is 0. The van der Waals surface area contributed by atoms with Crippen molar-refractivity contribution in [3.63, 3.8) is 0 Å². The Morgan fingerprint density at radius 2 is 1.05 bits per heavy atom. The van der Waals surface area contributed by atoms with E-state index >= 15 is 0 Å². The van der Waals surface area contributed by atoms with Crippen LogP contribution in [0.1, 0.15) is 0 Å². The van der Waals surface area contributed by atoms with Crippen LogP contribution in [0.3, 0.4) is 0 Å². The highest BCUT2D eigenvalue weighted by Gasteiger charge is 2.17. The Kier molecular flexibility index (Phi) is 5.86. The minimum Gasteiger partial charge on any atom is -0.506 e. The fraction of sp³-hybridized carbons (Fsp3) is 0. The quantitative estimate of drug-likeness (QED) is 0.221. The lowest BCUT2D eigenvalue weighted by Gasteiger charge is -2.16. The topological polar surface area (TPSA) is 71.8 Å². The fourth-order valence-corrected chi connectivity index (χ4v) is 5.80. The molecule has 2 heterocycles. The van der Waals surface area contributed by atoms with Crippen molar-refractivity contribution in [3.05, 3.63) is 140 Å². The zero-order chi connectivity index (χ0) is 28.8. The Morgan fingerprint density at radius 1 is 0.442 bits per heavy atom. The predicted octanol–water partition coefficient (Wildman–Crippen LogP) is 9.10. The Labute approximate surface area is 247 Å². The van der Waals surface area contributed by atoms with Crippen LogP contribution in [0.25, 0.3) is 77.7 Å². The first kappa shape index (κ1) is 24.8. The van der Waals surface area contributed by atoms with Gasteiger partial charge >= 0.3 is 0 Å². The molecule has 5 heteroatoms. The number of fused-ring (bicyclic) bond motifs is 3. The minimum atomic E-state index is 0.164. The van der Waals surface area contributed by atoms with Crippen molar-refractivity contribution in [2.24, 2.45) is 0 Å². The van der Waals surface area contributed by atoms with Gasteiger partial charge in [-0.25, -0.2) is 15.0 Å². The number of aromatic nitrogens is 4. The monoisotopic (exact) mass is 552 g/mol. The fourth-order valence-electron chi connectivity index (χ4n) is 5.80. The first-order valence-corrected chi connectivity index (χ1v) is 14.1. The summed E-state index contributed by atoms with van der Waals surface area (Å²) in [5.41, 5.74) is 5.41. The number of rotatable bonds is 4. The lowest BCUT2D eigenvalue weighted by molar-refractivity contribution is 0.480. The zero-order valence-corrected chi connectivity index (χ0v) is 23.0. The SMILES string of the molecule is Oc1ccc(-c2c3ccccc3cc3ccc(-c4nc(-c5ccccc5)nc(-c5ccccc5)n4)cc23)c2cccnc12. The van der Waals surface area contributed by atoms with Gasteiger partial charge in [-0.2, -0.15) is 0 Å². The van der Waals surface area contributed by atoms with Crippen LogP contribution in [0.2, 0.25) is 0 Å². The Morgan fingerprint density at radius 3 is 1.77 bits per heavy atom. The number of hydrogen-bond acceptors (Lipinski definition) is 5. The van der Waals surface area contributed by atoms with Crippen molar-refractivity contribution in [3.8, 4) is 51.0 Å². The molecule has 0 fully saturated rings. The second-order valence-electron chi connectivity index (χ2n) is 10.5. The van der Waals surface area contributed by atoms with Gasteiger partial charge in [0, 0.05) is 28.3 Å². The summed E-state index contributed by atoms with van der Waals surface area (Å²) in [7, 11) is 0. The summed E-state index contributed by atoms with van der Waals surface area (Å²) >= 11 is 0. The van der Waals surface area contributed by atoms with Crippen molar-refractivity contribution < 1.29 is 5.11 Å². The van der Waals surface area contributed by atoms with Gasteiger partial charge in [-0.05, 0) is 63.0 Å². The third-order valence-corrected chi connectivity index (χ3v) is 7.84. The molecule has 2 aromatic heterocycles. The molecule has 0 aliphatic rings. The number of benzene rings is 6. The second-order valence-corrected chi connectivity index (χ2v) is 10.5. The van der Waals surface area contributed by atoms with E-state index in [4.69, 9.17) is 15.0 Å². The number of phenols is 1. The number of hydrogen-bond donors (Lipinski definition) is 1. The predicted molar refractivity (Wildman–Crippen MR) is 174 cm³/mol. The highest BCUT2D eigenvalue weighted by molar-refractivity contribution is 6.17. The summed E-state index contributed by atoms with van der Waals surface area (Å²) in [4.78, 5) is 19.3. The van der Waals surface area contributed by atoms with E-state index in [0.29, 0.717) is 23.0 Å². The number of phenolic OH excluding ortho intramolecular Hbond substituents is 1. The first-order valence-electron chi connectivity index (χ1n) is 14.1. The van der Waals surface area contributed by atoms with Crippen LogP contribution in [-0.4, -0.2) is 25.0 Å². The Bertz CT molecular complexity index is 2240. The van der Waals surface area contributed by atoms with Crippen LogP contribution in [0.4, 0.5) is 0 Å². The van der Waals surface area contributed by atoms with E-state index in [0.717, 1.165) is 54.7 Å². The van der Waals surface area contributed by atoms with Crippen LogP contribution in [0.15, 0.2) is 140 Å². The maximum Gasteiger partial charge on any atom is 0.164 e. The van der Waals surface area contributed by atoms with Crippen LogP contribution < -0.4 is 0 Å². The molecule has 1 N–H and O–H groups in total. The normalized spacial score (nSPS) is 11.3. The van der Waals surface area contributed by atoms with Gasteiger partial charge in [-0.3, -0.25) is 4.98 Å². The van der Waals surface area contributed by atoms with E-state index in [1.807, 2.05) is 78.9 Å². The van der Waals surface area contributed by atoms with Crippen molar-refractivity contribution in [2.45, 2.75) is 0 Å². The molecule has 202 valence electrons. The summed E-state index contributed by atoms with van der Waals surface area (Å²) in [6.07, 6.45) is 1.71. The lowest BCUT2D eigenvalue weighted by atomic mass is 9.89. The van der Waals surface area contributed by atoms with Gasteiger partial charge in [0.05, 0.1) is 0 Å². The second kappa shape index (κ2) is 10.2. The average Bonchev–Trinajstić information content (AvgIpc) is 3.08. The van der Waals surface area contributed by atoms with Crippen molar-refractivity contribution in [1.82, 2.24) is 19.9 Å². The number of nitrogens with zero attached hydrogens (tertiary/aromatic N) is 4. The maximum atomic E-state index is 10.6. The van der Waals surface area contributed by atoms with Gasteiger partial charge in [0.1, 0.15) is 11.3 Å². The molecule has 0 aliphatic heterocycles. The standard InChI is InChI=1S/C38H24N4O/c43-33-20-19-30(31-16-9-21-39-35(31)33)34-29-15-8-7-14-26(29)22-27-17-18-28(23-32(27)34)38-41-36(24-10-3-1-4-11-24)40-37(42-38)25-12-5-2-6-13-25/h1-23,43H. The minimum absolute atomic E-state index is 0.164. The van der Waals surface area contributed by atoms with Gasteiger partial charge in [0.15, 0.2) is 17.5 Å². The molecule has 0 spiro atoms. The first-order chi connectivity index (χ1) is 21.2. The molecule has 8 rings (SSSR count). The summed E-state index contributed by atoms with van der Waals surface area (Å²) in [5, 5.41) is 15.9. The highest BCUT2D eigenvalue weighted by atomic mass is 16.3. The van der Waals surface area contributed by atoms with Crippen LogP contribution >= 0.6 is 0 Å². The molecule has 5 nitrogen and oxygen atoms in total. The van der Waals surface area contributed by atoms with E-state index in [1.165, 1.54) is 0 Å². The Balaban J connectivity index is 1.42. The zero-order valence-electron chi connectivity index (χ0n) is 23.0. The van der Waals surface area contributed by atoms with Crippen LogP contribution in [0, 0.1) is 0 Å². The Hall–Kier alpha value is -5.94. The number of aromatic hydroxyl groups is 1. The molecule has 43 heavy (non-hydrogen) atoms. The number of pyridine rings is 1. The van der Waals surface area contributed by atoms with Gasteiger partial charge in [0.2, 0.25) is 0 Å². The molecule has 8 aromatic rings. The molecule has 0 bridgehead atoms. The van der Waals surface area contributed by atoms with Crippen molar-refractivity contribution in [1.29, 1.82) is 0 Å². The average molecular weight is 553 g/mol. The third kappa shape index (κ3) is 4.35. The lowest BCUT2D eigenvalue weighted by Crippen LogP contribution is -2.00. The van der Waals surface area contributed by atoms with E-state index in [1.54, 1.807) is 12.3 Å². The van der Waals surface area contributed by atoms with E-state index in [9.17, 15) is 5.11 Å². The summed E-state index contributed by atoms with van der Waals surface area (Å²) in [5.74, 6) is 2.01. The van der Waals surface area contributed by atoms with Crippen molar-refractivity contribution in [2.75, 3.05) is 0 Å². The van der Waals surface area contributed by atoms with Gasteiger partial charge in [-0.1, -0.05) is 103 Å². The smallest absolute Gasteiger partial charge is 0.164 e. The molecular weight excluding hydrogens is 528 g/mol. The maximum absolute atomic E-state index is 10.6. The summed E-state index contributed by atoms with van der Waals surface area (Å²) in [6, 6.07) is 44.6. The molecule has 0 aliphatic carbocycles. The van der Waals surface area contributed by atoms with Crippen molar-refractivity contribution >= 4 is 32.4 Å². The molecule has 0 saturated heterocycles. The van der Waals surface area contributed by atoms with E-state index < -0.39 is 0 Å². The molecule has 6 aromatic carbocycles. The highest BCUT2D eigenvalue weighted by Crippen LogP contribution is 2.42. The molecule has 0 saturated carbocycles. The van der Waals surface area contributed by atoms with Crippen LogP contribution in [-0.2, 0) is 0 Å². The van der Waals surface area contributed by atoms with E-state index in [-0.39, 0.29) is 5.75 Å². The van der Waals surface area contributed by atoms with Gasteiger partial charge in [-0.15, -0.1) is 0 Å². The van der Waals surface area contributed by atoms with Gasteiger partial charge < -0.3 is 5.11 Å². The summed E-state index contributed by atoms with van der Waals surface area (Å²) < 4.78 is 0. The third-order valence-electron chi connectivity index (χ3n) is 7.84.